The molecule has 0 radical (unpaired) electrons. The summed E-state index contributed by atoms with van der Waals surface area (Å²) in [6.07, 6.45) is 2.04. The first-order valence-corrected chi connectivity index (χ1v) is 6.81. The third-order valence-corrected chi connectivity index (χ3v) is 3.31. The second-order valence-electron chi connectivity index (χ2n) is 4.85. The zero-order valence-electron chi connectivity index (χ0n) is 12.3. The Balaban J connectivity index is 2.15. The average molecular weight is 289 g/mol. The van der Waals surface area contributed by atoms with E-state index in [0.717, 1.165) is 6.42 Å². The second-order valence-corrected chi connectivity index (χ2v) is 4.85. The number of aromatic nitrogens is 2. The summed E-state index contributed by atoms with van der Waals surface area (Å²) in [6.45, 7) is 1.37. The Labute approximate surface area is 122 Å². The van der Waals surface area contributed by atoms with Crippen LogP contribution in [0.1, 0.15) is 6.42 Å². The van der Waals surface area contributed by atoms with E-state index in [-0.39, 0.29) is 17.9 Å². The maximum absolute atomic E-state index is 12.2. The zero-order chi connectivity index (χ0) is 15.2. The zero-order valence-corrected chi connectivity index (χ0v) is 12.3. The molecule has 1 amide bonds. The van der Waals surface area contributed by atoms with Gasteiger partial charge in [0.2, 0.25) is 11.3 Å². The largest absolute Gasteiger partial charge is 0.385 e. The van der Waals surface area contributed by atoms with Crippen molar-refractivity contribution >= 4 is 16.8 Å². The van der Waals surface area contributed by atoms with Crippen LogP contribution in [0, 0.1) is 0 Å². The predicted octanol–water partition coefficient (Wildman–Crippen LogP) is 0.891. The molecular formula is C15H19N3O3. The predicted molar refractivity (Wildman–Crippen MR) is 80.1 cm³/mol. The molecule has 0 spiro atoms. The Morgan fingerprint density at radius 2 is 2.14 bits per heavy atom. The Hall–Kier alpha value is -2.21. The summed E-state index contributed by atoms with van der Waals surface area (Å²) in [7, 11) is 3.39. The van der Waals surface area contributed by atoms with Gasteiger partial charge in [0.1, 0.15) is 6.54 Å². The molecular weight excluding hydrogens is 270 g/mol. The first-order valence-electron chi connectivity index (χ1n) is 6.81. The van der Waals surface area contributed by atoms with E-state index in [4.69, 9.17) is 4.74 Å². The summed E-state index contributed by atoms with van der Waals surface area (Å²) >= 11 is 0. The third kappa shape index (κ3) is 3.66. The Kier molecular flexibility index (Phi) is 5.05. The molecule has 2 rings (SSSR count). The quantitative estimate of drug-likeness (QED) is 0.741. The van der Waals surface area contributed by atoms with Gasteiger partial charge in [-0.25, -0.2) is 0 Å². The third-order valence-electron chi connectivity index (χ3n) is 3.31. The molecule has 0 aliphatic carbocycles. The fourth-order valence-corrected chi connectivity index (χ4v) is 2.11. The number of carbonyl (C=O) groups is 1. The van der Waals surface area contributed by atoms with Crippen molar-refractivity contribution in [2.24, 2.45) is 0 Å². The molecule has 0 atom stereocenters. The number of nitrogens with zero attached hydrogens (tertiary/aromatic N) is 3. The minimum atomic E-state index is -0.136. The van der Waals surface area contributed by atoms with Crippen LogP contribution in [0.3, 0.4) is 0 Å². The van der Waals surface area contributed by atoms with E-state index in [9.17, 15) is 9.59 Å². The van der Waals surface area contributed by atoms with Crippen molar-refractivity contribution in [1.82, 2.24) is 14.7 Å². The lowest BCUT2D eigenvalue weighted by molar-refractivity contribution is -0.130. The van der Waals surface area contributed by atoms with Crippen molar-refractivity contribution in [1.29, 1.82) is 0 Å². The Bertz CT molecular complexity index is 681. The lowest BCUT2D eigenvalue weighted by Gasteiger charge is -2.18. The normalized spacial score (nSPS) is 10.8. The number of carbonyl (C=O) groups excluding carboxylic acids is 1. The van der Waals surface area contributed by atoms with Gasteiger partial charge in [-0.1, -0.05) is 12.1 Å². The highest BCUT2D eigenvalue weighted by Gasteiger charge is 2.11. The molecule has 0 aliphatic rings. The maximum atomic E-state index is 12.2. The molecule has 6 nitrogen and oxygen atoms in total. The van der Waals surface area contributed by atoms with Crippen molar-refractivity contribution in [2.75, 3.05) is 27.3 Å². The topological polar surface area (TPSA) is 64.4 Å². The van der Waals surface area contributed by atoms with E-state index >= 15 is 0 Å². The second kappa shape index (κ2) is 6.99. The fraction of sp³-hybridized carbons (Fsp3) is 0.400. The van der Waals surface area contributed by atoms with Gasteiger partial charge in [0.15, 0.2) is 0 Å². The highest BCUT2D eigenvalue weighted by molar-refractivity contribution is 5.81. The van der Waals surface area contributed by atoms with E-state index in [2.05, 4.69) is 5.10 Å². The number of benzene rings is 1. The van der Waals surface area contributed by atoms with Crippen LogP contribution in [-0.4, -0.2) is 47.9 Å². The molecule has 0 bridgehead atoms. The van der Waals surface area contributed by atoms with Crippen molar-refractivity contribution < 1.29 is 9.53 Å². The van der Waals surface area contributed by atoms with Crippen LogP contribution in [0.25, 0.3) is 10.9 Å². The Morgan fingerprint density at radius 1 is 1.38 bits per heavy atom. The summed E-state index contributed by atoms with van der Waals surface area (Å²) in [6, 6.07) is 7.16. The number of para-hydroxylation sites is 1. The monoisotopic (exact) mass is 289 g/mol. The first kappa shape index (κ1) is 15.2. The van der Waals surface area contributed by atoms with Gasteiger partial charge in [0.05, 0.1) is 11.7 Å². The lowest BCUT2D eigenvalue weighted by atomic mass is 10.2. The number of rotatable bonds is 6. The summed E-state index contributed by atoms with van der Waals surface area (Å²) in [5, 5.41) is 4.63. The van der Waals surface area contributed by atoms with Gasteiger partial charge >= 0.3 is 0 Å². The van der Waals surface area contributed by atoms with E-state index in [1.165, 1.54) is 6.20 Å². The minimum Gasteiger partial charge on any atom is -0.385 e. The molecule has 1 aromatic heterocycles. The van der Waals surface area contributed by atoms with Gasteiger partial charge in [-0.2, -0.15) is 5.10 Å². The molecule has 1 heterocycles. The van der Waals surface area contributed by atoms with Crippen LogP contribution < -0.4 is 5.43 Å². The highest BCUT2D eigenvalue weighted by Crippen LogP contribution is 2.08. The van der Waals surface area contributed by atoms with Crippen molar-refractivity contribution in [3.05, 3.63) is 40.7 Å². The van der Waals surface area contributed by atoms with Gasteiger partial charge in [-0.15, -0.1) is 0 Å². The van der Waals surface area contributed by atoms with E-state index in [0.29, 0.717) is 24.1 Å². The number of likely N-dealkylation sites (N-methyl/N-ethyl adjacent to an activating group) is 1. The molecule has 2 aromatic rings. The van der Waals surface area contributed by atoms with Gasteiger partial charge in [0.25, 0.3) is 0 Å². The number of amides is 1. The fourth-order valence-electron chi connectivity index (χ4n) is 2.11. The number of methoxy groups -OCH3 is 1. The van der Waals surface area contributed by atoms with Crippen LogP contribution in [0.2, 0.25) is 0 Å². The summed E-state index contributed by atoms with van der Waals surface area (Å²) in [5.74, 6) is -0.0487. The lowest BCUT2D eigenvalue weighted by Crippen LogP contribution is -2.32. The smallest absolute Gasteiger partial charge is 0.244 e. The van der Waals surface area contributed by atoms with Gasteiger partial charge in [-0.3, -0.25) is 14.3 Å². The average Bonchev–Trinajstić information content (AvgIpc) is 2.50. The highest BCUT2D eigenvalue weighted by atomic mass is 16.5. The van der Waals surface area contributed by atoms with Crippen LogP contribution in [-0.2, 0) is 16.1 Å². The van der Waals surface area contributed by atoms with Crippen molar-refractivity contribution in [2.45, 2.75) is 13.0 Å². The maximum Gasteiger partial charge on any atom is 0.244 e. The molecule has 1 aromatic carbocycles. The molecule has 0 aliphatic heterocycles. The van der Waals surface area contributed by atoms with Crippen LogP contribution in [0.5, 0.6) is 0 Å². The van der Waals surface area contributed by atoms with Crippen LogP contribution in [0.15, 0.2) is 35.3 Å². The van der Waals surface area contributed by atoms with Gasteiger partial charge in [-0.05, 0) is 18.6 Å². The summed E-state index contributed by atoms with van der Waals surface area (Å²) in [5.41, 5.74) is 0.534. The molecule has 112 valence electrons. The summed E-state index contributed by atoms with van der Waals surface area (Å²) < 4.78 is 6.53. The SMILES string of the molecule is COCCCN(C)C(=O)Cn1ncc(=O)c2ccccc21. The van der Waals surface area contributed by atoms with Crippen LogP contribution >= 0.6 is 0 Å². The van der Waals surface area contributed by atoms with Gasteiger partial charge < -0.3 is 9.64 Å². The van der Waals surface area contributed by atoms with Crippen molar-refractivity contribution in [3.8, 4) is 0 Å². The van der Waals surface area contributed by atoms with Crippen LogP contribution in [0.4, 0.5) is 0 Å². The molecule has 0 saturated carbocycles. The molecule has 0 N–H and O–H groups in total. The van der Waals surface area contributed by atoms with Crippen molar-refractivity contribution in [3.63, 3.8) is 0 Å². The van der Waals surface area contributed by atoms with Gasteiger partial charge in [0, 0.05) is 32.7 Å². The molecule has 0 unspecified atom stereocenters. The molecule has 0 saturated heterocycles. The standard InChI is InChI=1S/C15H19N3O3/c1-17(8-5-9-21-2)15(20)11-18-13-7-4-3-6-12(13)14(19)10-16-18/h3-4,6-7,10H,5,8-9,11H2,1-2H3. The molecule has 21 heavy (non-hydrogen) atoms. The van der Waals surface area contributed by atoms with E-state index in [1.807, 2.05) is 6.07 Å². The summed E-state index contributed by atoms with van der Waals surface area (Å²) in [4.78, 5) is 25.6. The molecule has 0 fully saturated rings. The molecule has 6 heteroatoms. The minimum absolute atomic E-state index is 0.0487. The number of ether oxygens (including phenoxy) is 1. The number of hydrogen-bond donors (Lipinski definition) is 0. The van der Waals surface area contributed by atoms with E-state index in [1.54, 1.807) is 41.9 Å². The Morgan fingerprint density at radius 3 is 2.90 bits per heavy atom. The number of fused-ring (bicyclic) bond motifs is 1. The van der Waals surface area contributed by atoms with E-state index < -0.39 is 0 Å². The first-order chi connectivity index (χ1) is 10.1. The number of hydrogen-bond acceptors (Lipinski definition) is 4.